The highest BCUT2D eigenvalue weighted by molar-refractivity contribution is 5.87. The molecule has 0 bridgehead atoms. The van der Waals surface area contributed by atoms with E-state index in [0.29, 0.717) is 5.75 Å². The van der Waals surface area contributed by atoms with E-state index in [9.17, 15) is 4.79 Å². The fourth-order valence-electron chi connectivity index (χ4n) is 2.11. The number of rotatable bonds is 3. The molecule has 5 heteroatoms. The normalized spacial score (nSPS) is 13.6. The SMILES string of the molecule is CNNC(=O)C(C)(C)c1cc2c(cc1C)OCO2. The minimum atomic E-state index is -0.645. The Morgan fingerprint density at radius 2 is 1.89 bits per heavy atom. The summed E-state index contributed by atoms with van der Waals surface area (Å²) in [6.45, 7) is 5.96. The number of fused-ring (bicyclic) bond motifs is 1. The first-order valence-electron chi connectivity index (χ1n) is 5.84. The van der Waals surface area contributed by atoms with Crippen LogP contribution >= 0.6 is 0 Å². The molecule has 0 saturated heterocycles. The molecule has 0 spiro atoms. The van der Waals surface area contributed by atoms with Gasteiger partial charge in [-0.05, 0) is 44.0 Å². The summed E-state index contributed by atoms with van der Waals surface area (Å²) in [5, 5.41) is 0. The molecule has 0 aliphatic carbocycles. The molecule has 0 radical (unpaired) electrons. The number of hydrogen-bond acceptors (Lipinski definition) is 4. The van der Waals surface area contributed by atoms with Gasteiger partial charge in [-0.25, -0.2) is 5.43 Å². The zero-order chi connectivity index (χ0) is 13.3. The Bertz CT molecular complexity index is 483. The van der Waals surface area contributed by atoms with E-state index >= 15 is 0 Å². The molecule has 1 aliphatic rings. The van der Waals surface area contributed by atoms with Gasteiger partial charge < -0.3 is 9.47 Å². The summed E-state index contributed by atoms with van der Waals surface area (Å²) >= 11 is 0. The molecule has 0 atom stereocenters. The second kappa shape index (κ2) is 4.49. The van der Waals surface area contributed by atoms with Gasteiger partial charge in [0.05, 0.1) is 5.41 Å². The molecular formula is C13H18N2O3. The Kier molecular flexibility index (Phi) is 3.17. The van der Waals surface area contributed by atoms with E-state index in [4.69, 9.17) is 9.47 Å². The van der Waals surface area contributed by atoms with Gasteiger partial charge >= 0.3 is 0 Å². The maximum atomic E-state index is 12.1. The lowest BCUT2D eigenvalue weighted by Gasteiger charge is -2.26. The van der Waals surface area contributed by atoms with Crippen molar-refractivity contribution in [1.29, 1.82) is 0 Å². The summed E-state index contributed by atoms with van der Waals surface area (Å²) in [6.07, 6.45) is 0. The third kappa shape index (κ3) is 2.01. The molecule has 0 fully saturated rings. The maximum absolute atomic E-state index is 12.1. The lowest BCUT2D eigenvalue weighted by Crippen LogP contribution is -2.45. The largest absolute Gasteiger partial charge is 0.454 e. The molecule has 2 N–H and O–H groups in total. The number of benzene rings is 1. The summed E-state index contributed by atoms with van der Waals surface area (Å²) in [7, 11) is 1.67. The van der Waals surface area contributed by atoms with Crippen LogP contribution in [-0.4, -0.2) is 19.7 Å². The minimum absolute atomic E-state index is 0.0908. The molecule has 1 aliphatic heterocycles. The monoisotopic (exact) mass is 250 g/mol. The van der Waals surface area contributed by atoms with Crippen LogP contribution < -0.4 is 20.3 Å². The van der Waals surface area contributed by atoms with Crippen LogP contribution in [0.1, 0.15) is 25.0 Å². The highest BCUT2D eigenvalue weighted by Crippen LogP contribution is 2.38. The highest BCUT2D eigenvalue weighted by Gasteiger charge is 2.32. The molecule has 1 heterocycles. The fourth-order valence-corrected chi connectivity index (χ4v) is 2.11. The first kappa shape index (κ1) is 12.7. The van der Waals surface area contributed by atoms with Gasteiger partial charge in [-0.15, -0.1) is 0 Å². The smallest absolute Gasteiger partial charge is 0.244 e. The van der Waals surface area contributed by atoms with Crippen molar-refractivity contribution in [3.8, 4) is 11.5 Å². The molecule has 2 rings (SSSR count). The van der Waals surface area contributed by atoms with Gasteiger partial charge in [0.2, 0.25) is 12.7 Å². The van der Waals surface area contributed by atoms with E-state index in [2.05, 4.69) is 10.9 Å². The van der Waals surface area contributed by atoms with Crippen LogP contribution in [0, 0.1) is 6.92 Å². The zero-order valence-corrected chi connectivity index (χ0v) is 11.1. The summed E-state index contributed by atoms with van der Waals surface area (Å²) in [5.41, 5.74) is 6.57. The molecular weight excluding hydrogens is 232 g/mol. The molecule has 1 amide bonds. The van der Waals surface area contributed by atoms with E-state index < -0.39 is 5.41 Å². The quantitative estimate of drug-likeness (QED) is 0.793. The summed E-state index contributed by atoms with van der Waals surface area (Å²) < 4.78 is 10.7. The number of amides is 1. The third-order valence-electron chi connectivity index (χ3n) is 3.20. The highest BCUT2D eigenvalue weighted by atomic mass is 16.7. The van der Waals surface area contributed by atoms with Gasteiger partial charge in [-0.1, -0.05) is 0 Å². The van der Waals surface area contributed by atoms with Crippen molar-refractivity contribution in [3.63, 3.8) is 0 Å². The van der Waals surface area contributed by atoms with Crippen molar-refractivity contribution in [2.45, 2.75) is 26.2 Å². The number of carbonyl (C=O) groups excluding carboxylic acids is 1. The first-order chi connectivity index (χ1) is 8.46. The van der Waals surface area contributed by atoms with Crippen LogP contribution in [0.2, 0.25) is 0 Å². The second-order valence-electron chi connectivity index (χ2n) is 4.85. The lowest BCUT2D eigenvalue weighted by atomic mass is 9.81. The molecule has 0 unspecified atom stereocenters. The Morgan fingerprint density at radius 3 is 2.50 bits per heavy atom. The van der Waals surface area contributed by atoms with Crippen molar-refractivity contribution in [1.82, 2.24) is 10.9 Å². The van der Waals surface area contributed by atoms with Crippen LogP contribution in [0.3, 0.4) is 0 Å². The van der Waals surface area contributed by atoms with Gasteiger partial charge in [0, 0.05) is 7.05 Å². The Balaban J connectivity index is 2.41. The maximum Gasteiger partial charge on any atom is 0.244 e. The topological polar surface area (TPSA) is 59.6 Å². The standard InChI is InChI=1S/C13H18N2O3/c1-8-5-10-11(18-7-17-10)6-9(8)13(2,3)12(16)15-14-4/h5-6,14H,7H2,1-4H3,(H,15,16). The van der Waals surface area contributed by atoms with Crippen LogP contribution in [0.25, 0.3) is 0 Å². The van der Waals surface area contributed by atoms with E-state index in [0.717, 1.165) is 16.9 Å². The van der Waals surface area contributed by atoms with Crippen LogP contribution in [0.4, 0.5) is 0 Å². The number of aryl methyl sites for hydroxylation is 1. The number of carbonyl (C=O) groups is 1. The van der Waals surface area contributed by atoms with Crippen molar-refractivity contribution < 1.29 is 14.3 Å². The zero-order valence-electron chi connectivity index (χ0n) is 11.1. The van der Waals surface area contributed by atoms with Crippen molar-refractivity contribution in [2.24, 2.45) is 0 Å². The predicted molar refractivity (Wildman–Crippen MR) is 67.5 cm³/mol. The number of hydrogen-bond donors (Lipinski definition) is 2. The van der Waals surface area contributed by atoms with E-state index in [1.54, 1.807) is 7.05 Å². The van der Waals surface area contributed by atoms with Gasteiger partial charge in [-0.3, -0.25) is 10.2 Å². The third-order valence-corrected chi connectivity index (χ3v) is 3.20. The number of hydrazine groups is 1. The van der Waals surface area contributed by atoms with Gasteiger partial charge in [-0.2, -0.15) is 0 Å². The molecule has 0 aromatic heterocycles. The molecule has 5 nitrogen and oxygen atoms in total. The molecule has 0 saturated carbocycles. The van der Waals surface area contributed by atoms with Crippen molar-refractivity contribution in [2.75, 3.05) is 13.8 Å². The van der Waals surface area contributed by atoms with Gasteiger partial charge in [0.25, 0.3) is 0 Å². The Labute approximate surface area is 106 Å². The lowest BCUT2D eigenvalue weighted by molar-refractivity contribution is -0.126. The molecule has 18 heavy (non-hydrogen) atoms. The first-order valence-corrected chi connectivity index (χ1v) is 5.84. The second-order valence-corrected chi connectivity index (χ2v) is 4.85. The van der Waals surface area contributed by atoms with Crippen molar-refractivity contribution >= 4 is 5.91 Å². The van der Waals surface area contributed by atoms with E-state index in [1.165, 1.54) is 0 Å². The average molecular weight is 250 g/mol. The Hall–Kier alpha value is -1.75. The van der Waals surface area contributed by atoms with Crippen molar-refractivity contribution in [3.05, 3.63) is 23.3 Å². The number of ether oxygens (including phenoxy) is 2. The van der Waals surface area contributed by atoms with E-state index in [-0.39, 0.29) is 12.7 Å². The van der Waals surface area contributed by atoms with Gasteiger partial charge in [0.15, 0.2) is 11.5 Å². The van der Waals surface area contributed by atoms with Crippen LogP contribution in [-0.2, 0) is 10.2 Å². The summed E-state index contributed by atoms with van der Waals surface area (Å²) in [6, 6.07) is 3.79. The van der Waals surface area contributed by atoms with Crippen LogP contribution in [0.15, 0.2) is 12.1 Å². The van der Waals surface area contributed by atoms with E-state index in [1.807, 2.05) is 32.9 Å². The van der Waals surface area contributed by atoms with Gasteiger partial charge in [0.1, 0.15) is 0 Å². The summed E-state index contributed by atoms with van der Waals surface area (Å²) in [5.74, 6) is 1.34. The number of nitrogens with one attached hydrogen (secondary N) is 2. The fraction of sp³-hybridized carbons (Fsp3) is 0.462. The average Bonchev–Trinajstić information content (AvgIpc) is 2.75. The Morgan fingerprint density at radius 1 is 1.28 bits per heavy atom. The minimum Gasteiger partial charge on any atom is -0.454 e. The molecule has 1 aromatic carbocycles. The van der Waals surface area contributed by atoms with Crippen LogP contribution in [0.5, 0.6) is 11.5 Å². The molecule has 1 aromatic rings. The summed E-state index contributed by atoms with van der Waals surface area (Å²) in [4.78, 5) is 12.1. The predicted octanol–water partition coefficient (Wildman–Crippen LogP) is 1.25. The molecule has 98 valence electrons.